The van der Waals surface area contributed by atoms with Gasteiger partial charge in [0.15, 0.2) is 11.5 Å². The van der Waals surface area contributed by atoms with Crippen LogP contribution in [0.2, 0.25) is 0 Å². The van der Waals surface area contributed by atoms with Gasteiger partial charge in [0.1, 0.15) is 6.61 Å². The third-order valence-corrected chi connectivity index (χ3v) is 4.51. The lowest BCUT2D eigenvalue weighted by Gasteiger charge is -2.13. The molecule has 3 rings (SSSR count). The van der Waals surface area contributed by atoms with Crippen LogP contribution < -0.4 is 14.8 Å². The van der Waals surface area contributed by atoms with Crippen molar-refractivity contribution in [3.63, 3.8) is 0 Å². The van der Waals surface area contributed by atoms with Crippen molar-refractivity contribution in [2.24, 2.45) is 0 Å². The van der Waals surface area contributed by atoms with Crippen molar-refractivity contribution in [1.29, 1.82) is 0 Å². The molecule has 0 aliphatic rings. The Labute approximate surface area is 172 Å². The van der Waals surface area contributed by atoms with E-state index in [4.69, 9.17) is 9.47 Å². The fourth-order valence-electron chi connectivity index (χ4n) is 2.59. The molecule has 0 spiro atoms. The zero-order valence-electron chi connectivity index (χ0n) is 15.4. The molecule has 0 heterocycles. The number of nitrogens with one attached hydrogen (secondary N) is 1. The number of halogens is 1. The van der Waals surface area contributed by atoms with Crippen molar-refractivity contribution >= 4 is 33.6 Å². The first-order valence-electron chi connectivity index (χ1n) is 8.74. The lowest BCUT2D eigenvalue weighted by atomic mass is 10.1. The van der Waals surface area contributed by atoms with E-state index in [2.05, 4.69) is 21.2 Å². The van der Waals surface area contributed by atoms with Crippen LogP contribution in [-0.4, -0.2) is 13.0 Å². The van der Waals surface area contributed by atoms with Gasteiger partial charge in [-0.15, -0.1) is 0 Å². The summed E-state index contributed by atoms with van der Waals surface area (Å²) in [4.78, 5) is 12.2. The lowest BCUT2D eigenvalue weighted by molar-refractivity contribution is -0.111. The largest absolute Gasteiger partial charge is 0.493 e. The molecule has 4 nitrogen and oxygen atoms in total. The summed E-state index contributed by atoms with van der Waals surface area (Å²) in [7, 11) is 1.59. The highest BCUT2D eigenvalue weighted by atomic mass is 79.9. The molecule has 0 aliphatic heterocycles. The molecule has 0 aliphatic carbocycles. The van der Waals surface area contributed by atoms with Crippen molar-refractivity contribution in [1.82, 2.24) is 0 Å². The number of para-hydroxylation sites is 2. The second kappa shape index (κ2) is 9.76. The minimum absolute atomic E-state index is 0.215. The third-order valence-electron chi connectivity index (χ3n) is 3.98. The Hall–Kier alpha value is -3.05. The minimum atomic E-state index is -0.215. The van der Waals surface area contributed by atoms with E-state index in [1.54, 1.807) is 13.2 Å². The van der Waals surface area contributed by atoms with Crippen molar-refractivity contribution in [2.75, 3.05) is 12.4 Å². The van der Waals surface area contributed by atoms with Crippen LogP contribution in [0, 0.1) is 0 Å². The Morgan fingerprint density at radius 3 is 2.46 bits per heavy atom. The molecule has 0 unspecified atom stereocenters. The number of hydrogen-bond acceptors (Lipinski definition) is 3. The molecular formula is C23H20BrNO3. The summed E-state index contributed by atoms with van der Waals surface area (Å²) in [5, 5.41) is 2.82. The van der Waals surface area contributed by atoms with E-state index in [0.29, 0.717) is 18.1 Å². The summed E-state index contributed by atoms with van der Waals surface area (Å²) in [6, 6.07) is 22.8. The van der Waals surface area contributed by atoms with Gasteiger partial charge in [-0.3, -0.25) is 4.79 Å². The first-order chi connectivity index (χ1) is 13.7. The second-order valence-electron chi connectivity index (χ2n) is 5.98. The van der Waals surface area contributed by atoms with Crippen molar-refractivity contribution in [3.05, 3.63) is 94.5 Å². The van der Waals surface area contributed by atoms with E-state index >= 15 is 0 Å². The van der Waals surface area contributed by atoms with Crippen LogP contribution in [0.25, 0.3) is 6.08 Å². The van der Waals surface area contributed by atoms with Gasteiger partial charge in [-0.2, -0.15) is 0 Å². The van der Waals surface area contributed by atoms with Crippen molar-refractivity contribution < 1.29 is 14.3 Å². The first-order valence-corrected chi connectivity index (χ1v) is 9.53. The van der Waals surface area contributed by atoms with Gasteiger partial charge in [-0.05, 0) is 42.0 Å². The molecule has 5 heteroatoms. The summed E-state index contributed by atoms with van der Waals surface area (Å²) >= 11 is 3.43. The number of ether oxygens (including phenoxy) is 2. The number of carbonyl (C=O) groups is 1. The molecular weight excluding hydrogens is 418 g/mol. The molecule has 28 heavy (non-hydrogen) atoms. The average Bonchev–Trinajstić information content (AvgIpc) is 2.72. The van der Waals surface area contributed by atoms with Crippen LogP contribution in [0.3, 0.4) is 0 Å². The predicted molar refractivity (Wildman–Crippen MR) is 116 cm³/mol. The van der Waals surface area contributed by atoms with Gasteiger partial charge in [0.2, 0.25) is 5.91 Å². The number of anilines is 1. The Kier molecular flexibility index (Phi) is 6.87. The van der Waals surface area contributed by atoms with Crippen LogP contribution in [0.1, 0.15) is 11.1 Å². The van der Waals surface area contributed by atoms with Crippen LogP contribution in [0.15, 0.2) is 83.3 Å². The fourth-order valence-corrected chi connectivity index (χ4v) is 2.85. The number of rotatable bonds is 7. The molecule has 0 atom stereocenters. The van der Waals surface area contributed by atoms with Crippen LogP contribution in [-0.2, 0) is 11.4 Å². The SMILES string of the molecule is COc1cccc(/C=C/C(=O)Nc2ccccc2)c1OCc1ccc(Br)cc1. The maximum Gasteiger partial charge on any atom is 0.248 e. The number of carbonyl (C=O) groups excluding carboxylic acids is 1. The van der Waals surface area contributed by atoms with Gasteiger partial charge in [0.05, 0.1) is 7.11 Å². The summed E-state index contributed by atoms with van der Waals surface area (Å²) < 4.78 is 12.5. The van der Waals surface area contributed by atoms with Crippen LogP contribution in [0.4, 0.5) is 5.69 Å². The monoisotopic (exact) mass is 437 g/mol. The summed E-state index contributed by atoms with van der Waals surface area (Å²) in [5.41, 5.74) is 2.54. The van der Waals surface area contributed by atoms with Crippen molar-refractivity contribution in [3.8, 4) is 11.5 Å². The predicted octanol–water partition coefficient (Wildman–Crippen LogP) is 5.69. The highest BCUT2D eigenvalue weighted by Crippen LogP contribution is 2.32. The Morgan fingerprint density at radius 2 is 1.75 bits per heavy atom. The number of methoxy groups -OCH3 is 1. The van der Waals surface area contributed by atoms with Gasteiger partial charge in [-0.25, -0.2) is 0 Å². The van der Waals surface area contributed by atoms with Gasteiger partial charge in [0.25, 0.3) is 0 Å². The molecule has 0 saturated heterocycles. The summed E-state index contributed by atoms with van der Waals surface area (Å²) in [6.07, 6.45) is 3.20. The van der Waals surface area contributed by atoms with E-state index in [0.717, 1.165) is 21.3 Å². The molecule has 0 fully saturated rings. The summed E-state index contributed by atoms with van der Waals surface area (Å²) in [5.74, 6) is 0.993. The molecule has 0 saturated carbocycles. The molecule has 142 valence electrons. The van der Waals surface area contributed by atoms with Crippen molar-refractivity contribution in [2.45, 2.75) is 6.61 Å². The van der Waals surface area contributed by atoms with E-state index < -0.39 is 0 Å². The topological polar surface area (TPSA) is 47.6 Å². The Morgan fingerprint density at radius 1 is 1.00 bits per heavy atom. The molecule has 0 bridgehead atoms. The maximum atomic E-state index is 12.2. The molecule has 1 N–H and O–H groups in total. The van der Waals surface area contributed by atoms with Crippen LogP contribution >= 0.6 is 15.9 Å². The number of benzene rings is 3. The number of hydrogen-bond donors (Lipinski definition) is 1. The van der Waals surface area contributed by atoms with Crippen LogP contribution in [0.5, 0.6) is 11.5 Å². The molecule has 3 aromatic rings. The normalized spacial score (nSPS) is 10.6. The average molecular weight is 438 g/mol. The quantitative estimate of drug-likeness (QED) is 0.483. The third kappa shape index (κ3) is 5.47. The highest BCUT2D eigenvalue weighted by Gasteiger charge is 2.10. The standard InChI is InChI=1S/C23H20BrNO3/c1-27-21-9-5-6-18(12-15-22(26)25-20-7-3-2-4-8-20)23(21)28-16-17-10-13-19(24)14-11-17/h2-15H,16H2,1H3,(H,25,26)/b15-12+. The zero-order chi connectivity index (χ0) is 19.8. The van der Waals surface area contributed by atoms with Gasteiger partial charge in [0, 0.05) is 21.8 Å². The molecule has 1 amide bonds. The summed E-state index contributed by atoms with van der Waals surface area (Å²) in [6.45, 7) is 0.394. The van der Waals surface area contributed by atoms with E-state index in [-0.39, 0.29) is 5.91 Å². The van der Waals surface area contributed by atoms with Gasteiger partial charge in [-0.1, -0.05) is 58.4 Å². The first kappa shape index (κ1) is 19.7. The molecule has 0 radical (unpaired) electrons. The number of amides is 1. The molecule has 3 aromatic carbocycles. The van der Waals surface area contributed by atoms with Gasteiger partial charge >= 0.3 is 0 Å². The lowest BCUT2D eigenvalue weighted by Crippen LogP contribution is -2.07. The smallest absolute Gasteiger partial charge is 0.248 e. The molecule has 0 aromatic heterocycles. The van der Waals surface area contributed by atoms with Gasteiger partial charge < -0.3 is 14.8 Å². The highest BCUT2D eigenvalue weighted by molar-refractivity contribution is 9.10. The zero-order valence-corrected chi connectivity index (χ0v) is 17.0. The Balaban J connectivity index is 1.74. The minimum Gasteiger partial charge on any atom is -0.493 e. The second-order valence-corrected chi connectivity index (χ2v) is 6.90. The van der Waals surface area contributed by atoms with E-state index in [9.17, 15) is 4.79 Å². The fraction of sp³-hybridized carbons (Fsp3) is 0.0870. The van der Waals surface area contributed by atoms with E-state index in [1.165, 1.54) is 6.08 Å². The maximum absolute atomic E-state index is 12.2. The van der Waals surface area contributed by atoms with E-state index in [1.807, 2.05) is 72.8 Å². The Bertz CT molecular complexity index is 953.